The summed E-state index contributed by atoms with van der Waals surface area (Å²) in [5.74, 6) is 0.325. The normalized spacial score (nSPS) is 26.6. The van der Waals surface area contributed by atoms with Crippen molar-refractivity contribution in [2.75, 3.05) is 26.3 Å². The van der Waals surface area contributed by atoms with Crippen LogP contribution in [0.15, 0.2) is 23.5 Å². The number of aromatic nitrogens is 4. The minimum absolute atomic E-state index is 0.0632. The molecule has 0 amide bonds. The maximum atomic E-state index is 13.1. The summed E-state index contributed by atoms with van der Waals surface area (Å²) >= 11 is 0. The van der Waals surface area contributed by atoms with Crippen LogP contribution in [-0.2, 0) is 14.8 Å². The third kappa shape index (κ3) is 2.97. The van der Waals surface area contributed by atoms with Gasteiger partial charge in [-0.15, -0.1) is 0 Å². The highest BCUT2D eigenvalue weighted by molar-refractivity contribution is 7.89. The molecule has 0 aliphatic carbocycles. The number of H-pyrrole nitrogens is 1. The van der Waals surface area contributed by atoms with E-state index in [0.717, 1.165) is 0 Å². The van der Waals surface area contributed by atoms with Crippen molar-refractivity contribution in [3.05, 3.63) is 30.0 Å². The average molecular weight is 379 g/mol. The maximum absolute atomic E-state index is 13.1. The van der Waals surface area contributed by atoms with Gasteiger partial charge in [0.2, 0.25) is 15.9 Å². The quantitative estimate of drug-likeness (QED) is 0.825. The molecular weight excluding hydrogens is 358 g/mol. The molecule has 2 bridgehead atoms. The van der Waals surface area contributed by atoms with Crippen LogP contribution in [0, 0.1) is 25.7 Å². The fourth-order valence-electron chi connectivity index (χ4n) is 3.78. The number of nitrogens with one attached hydrogen (secondary N) is 1. The lowest BCUT2D eigenvalue weighted by Gasteiger charge is -2.45. The zero-order valence-corrected chi connectivity index (χ0v) is 15.4. The van der Waals surface area contributed by atoms with Crippen LogP contribution in [0.2, 0.25) is 0 Å². The van der Waals surface area contributed by atoms with E-state index in [1.165, 1.54) is 4.31 Å². The van der Waals surface area contributed by atoms with Gasteiger partial charge < -0.3 is 9.47 Å². The van der Waals surface area contributed by atoms with Gasteiger partial charge in [0, 0.05) is 37.3 Å². The van der Waals surface area contributed by atoms with E-state index in [2.05, 4.69) is 20.2 Å². The van der Waals surface area contributed by atoms with Crippen LogP contribution in [0.5, 0.6) is 5.88 Å². The van der Waals surface area contributed by atoms with E-state index in [4.69, 9.17) is 9.47 Å². The van der Waals surface area contributed by atoms with E-state index in [0.29, 0.717) is 43.6 Å². The van der Waals surface area contributed by atoms with Crippen molar-refractivity contribution < 1.29 is 17.9 Å². The number of ether oxygens (including phenoxy) is 2. The molecule has 0 unspecified atom stereocenters. The Morgan fingerprint density at radius 2 is 1.96 bits per heavy atom. The fraction of sp³-hybridized carbons (Fsp3) is 0.562. The van der Waals surface area contributed by atoms with Crippen molar-refractivity contribution >= 4 is 10.0 Å². The van der Waals surface area contributed by atoms with Crippen LogP contribution < -0.4 is 4.74 Å². The van der Waals surface area contributed by atoms with Crippen molar-refractivity contribution in [3.63, 3.8) is 0 Å². The number of sulfonamides is 1. The number of fused-ring (bicyclic) bond motifs is 2. The van der Waals surface area contributed by atoms with Crippen molar-refractivity contribution in [2.24, 2.45) is 11.8 Å². The SMILES string of the molecule is Cc1n[nH]c(C)c1S(=O)(=O)N1C[C@H]2COC[C@@H](C1)[C@@H]2Oc1cnccn1. The first-order valence-corrected chi connectivity index (χ1v) is 9.93. The molecular formula is C16H21N5O4S. The van der Waals surface area contributed by atoms with E-state index in [1.54, 1.807) is 32.4 Å². The van der Waals surface area contributed by atoms with Gasteiger partial charge in [-0.1, -0.05) is 0 Å². The van der Waals surface area contributed by atoms with Crippen molar-refractivity contribution in [1.29, 1.82) is 0 Å². The molecule has 1 N–H and O–H groups in total. The van der Waals surface area contributed by atoms with Gasteiger partial charge in [0.05, 0.1) is 30.8 Å². The first-order valence-electron chi connectivity index (χ1n) is 8.49. The Morgan fingerprint density at radius 1 is 1.23 bits per heavy atom. The second kappa shape index (κ2) is 6.60. The molecule has 0 radical (unpaired) electrons. The third-order valence-corrected chi connectivity index (χ3v) is 7.02. The average Bonchev–Trinajstić information content (AvgIpc) is 2.94. The number of nitrogens with zero attached hydrogens (tertiary/aromatic N) is 4. The standard InChI is InChI=1S/C16H21N5O4S/c1-10-16(11(2)20-19-10)26(22,23)21-6-12-8-24-9-13(7-21)15(12)25-14-5-17-3-4-18-14/h3-5,12-13,15H,6-9H2,1-2H3,(H,19,20)/t12-,13+,15+. The first kappa shape index (κ1) is 17.4. The number of hydrogen-bond donors (Lipinski definition) is 1. The Labute approximate surface area is 151 Å². The van der Waals surface area contributed by atoms with Gasteiger partial charge in [0.25, 0.3) is 0 Å². The lowest BCUT2D eigenvalue weighted by Crippen LogP contribution is -2.58. The van der Waals surface area contributed by atoms with E-state index in [9.17, 15) is 8.42 Å². The second-order valence-corrected chi connectivity index (χ2v) is 8.64. The third-order valence-electron chi connectivity index (χ3n) is 4.92. The highest BCUT2D eigenvalue weighted by Crippen LogP contribution is 2.34. The summed E-state index contributed by atoms with van der Waals surface area (Å²) in [6.07, 6.45) is 4.59. The van der Waals surface area contributed by atoms with Gasteiger partial charge in [0.15, 0.2) is 0 Å². The van der Waals surface area contributed by atoms with Crippen LogP contribution in [0.4, 0.5) is 0 Å². The van der Waals surface area contributed by atoms with Crippen LogP contribution in [0.25, 0.3) is 0 Å². The van der Waals surface area contributed by atoms with E-state index >= 15 is 0 Å². The highest BCUT2D eigenvalue weighted by Gasteiger charge is 2.46. The summed E-state index contributed by atoms with van der Waals surface area (Å²) in [6.45, 7) is 5.01. The Bertz CT molecular complexity index is 852. The van der Waals surface area contributed by atoms with Crippen LogP contribution in [0.3, 0.4) is 0 Å². The van der Waals surface area contributed by atoms with Crippen molar-refractivity contribution in [2.45, 2.75) is 24.8 Å². The van der Waals surface area contributed by atoms with Gasteiger partial charge in [-0.05, 0) is 13.8 Å². The Kier molecular flexibility index (Phi) is 4.41. The number of aryl methyl sites for hydroxylation is 2. The predicted octanol–water partition coefficient (Wildman–Crippen LogP) is 0.531. The Morgan fingerprint density at radius 3 is 2.54 bits per heavy atom. The Hall–Kier alpha value is -2.04. The molecule has 2 aromatic rings. The van der Waals surface area contributed by atoms with E-state index in [-0.39, 0.29) is 22.8 Å². The zero-order chi connectivity index (χ0) is 18.3. The number of hydrogen-bond acceptors (Lipinski definition) is 7. The summed E-state index contributed by atoms with van der Waals surface area (Å²) < 4.78 is 39.5. The molecule has 2 aliphatic rings. The number of rotatable bonds is 4. The van der Waals surface area contributed by atoms with Gasteiger partial charge in [-0.3, -0.25) is 10.1 Å². The Balaban J connectivity index is 1.58. The molecule has 0 aromatic carbocycles. The van der Waals surface area contributed by atoms with Crippen molar-refractivity contribution in [1.82, 2.24) is 24.5 Å². The summed E-state index contributed by atoms with van der Waals surface area (Å²) in [6, 6.07) is 0. The molecule has 0 spiro atoms. The topological polar surface area (TPSA) is 110 Å². The fourth-order valence-corrected chi connectivity index (χ4v) is 5.67. The molecule has 4 rings (SSSR count). The van der Waals surface area contributed by atoms with E-state index in [1.807, 2.05) is 0 Å². The largest absolute Gasteiger partial charge is 0.472 e. The molecule has 2 aliphatic heterocycles. The van der Waals surface area contributed by atoms with Crippen molar-refractivity contribution in [3.8, 4) is 5.88 Å². The van der Waals surface area contributed by atoms with Gasteiger partial charge in [-0.2, -0.15) is 9.40 Å². The molecule has 0 saturated carbocycles. The monoisotopic (exact) mass is 379 g/mol. The maximum Gasteiger partial charge on any atom is 0.246 e. The summed E-state index contributed by atoms with van der Waals surface area (Å²) in [4.78, 5) is 8.45. The number of aromatic amines is 1. The summed E-state index contributed by atoms with van der Waals surface area (Å²) in [7, 11) is -3.62. The molecule has 3 atom stereocenters. The number of piperidine rings is 1. The minimum atomic E-state index is -3.62. The summed E-state index contributed by atoms with van der Waals surface area (Å²) in [5, 5.41) is 6.78. The first-order chi connectivity index (χ1) is 12.5. The summed E-state index contributed by atoms with van der Waals surface area (Å²) in [5.41, 5.74) is 1.05. The molecule has 2 saturated heterocycles. The van der Waals surface area contributed by atoms with Crippen LogP contribution in [-0.4, -0.2) is 65.3 Å². The zero-order valence-electron chi connectivity index (χ0n) is 14.6. The molecule has 140 valence electrons. The highest BCUT2D eigenvalue weighted by atomic mass is 32.2. The molecule has 2 aromatic heterocycles. The smallest absolute Gasteiger partial charge is 0.246 e. The van der Waals surface area contributed by atoms with Gasteiger partial charge in [0.1, 0.15) is 11.0 Å². The van der Waals surface area contributed by atoms with Crippen LogP contribution in [0.1, 0.15) is 11.4 Å². The lowest BCUT2D eigenvalue weighted by atomic mass is 9.86. The van der Waals surface area contributed by atoms with Gasteiger partial charge in [-0.25, -0.2) is 13.4 Å². The molecule has 9 nitrogen and oxygen atoms in total. The predicted molar refractivity (Wildman–Crippen MR) is 91.1 cm³/mol. The second-order valence-electron chi connectivity index (χ2n) is 6.77. The van der Waals surface area contributed by atoms with E-state index < -0.39 is 10.0 Å². The molecule has 10 heteroatoms. The van der Waals surface area contributed by atoms with Crippen LogP contribution >= 0.6 is 0 Å². The lowest BCUT2D eigenvalue weighted by molar-refractivity contribution is -0.0996. The molecule has 2 fully saturated rings. The van der Waals surface area contributed by atoms with Gasteiger partial charge >= 0.3 is 0 Å². The minimum Gasteiger partial charge on any atom is -0.472 e. The molecule has 26 heavy (non-hydrogen) atoms. The molecule has 4 heterocycles.